The van der Waals surface area contributed by atoms with Crippen LogP contribution in [0.1, 0.15) is 16.8 Å². The Labute approximate surface area is 143 Å². The number of aromatic carboxylic acids is 1. The van der Waals surface area contributed by atoms with Crippen molar-refractivity contribution in [2.75, 3.05) is 26.2 Å². The van der Waals surface area contributed by atoms with Crippen molar-refractivity contribution in [1.82, 2.24) is 15.5 Å². The predicted molar refractivity (Wildman–Crippen MR) is 85.5 cm³/mol. The van der Waals surface area contributed by atoms with Crippen LogP contribution in [-0.2, 0) is 9.59 Å². The van der Waals surface area contributed by atoms with Gasteiger partial charge in [-0.2, -0.15) is 0 Å². The minimum Gasteiger partial charge on any atom is -0.507 e. The number of nitrogens with zero attached hydrogens (tertiary/aromatic N) is 1. The smallest absolute Gasteiger partial charge is 0.343 e. The summed E-state index contributed by atoms with van der Waals surface area (Å²) in [7, 11) is 0. The number of benzene rings is 1. The predicted octanol–water partition coefficient (Wildman–Crippen LogP) is -0.842. The third-order valence-electron chi connectivity index (χ3n) is 4.22. The minimum atomic E-state index is -1.28. The summed E-state index contributed by atoms with van der Waals surface area (Å²) in [6, 6.07) is 3.70. The average Bonchev–Trinajstić information content (AvgIpc) is 2.52. The lowest BCUT2D eigenvalue weighted by Gasteiger charge is -2.40. The zero-order valence-electron chi connectivity index (χ0n) is 13.4. The molecule has 0 bridgehead atoms. The summed E-state index contributed by atoms with van der Waals surface area (Å²) >= 11 is 0. The van der Waals surface area contributed by atoms with Crippen molar-refractivity contribution >= 4 is 17.8 Å². The molecule has 0 aromatic heterocycles. The van der Waals surface area contributed by atoms with E-state index in [1.165, 1.54) is 18.2 Å². The molecule has 1 aromatic rings. The molecule has 2 heterocycles. The molecule has 1 aromatic carbocycles. The van der Waals surface area contributed by atoms with E-state index >= 15 is 0 Å². The fourth-order valence-electron chi connectivity index (χ4n) is 2.85. The standard InChI is InChI=1S/C16H19N3O6/c20-11-2-1-3-12(14(11)16(23)24)25-9-7-19(8-9)13(21)6-10-15(22)18-5-4-17-10/h1-3,9-10,17,20H,4-8H2,(H,18,22)(H,23,24). The summed E-state index contributed by atoms with van der Waals surface area (Å²) in [6.45, 7) is 1.80. The van der Waals surface area contributed by atoms with Gasteiger partial charge in [0.2, 0.25) is 11.8 Å². The summed E-state index contributed by atoms with van der Waals surface area (Å²) in [6.07, 6.45) is -0.276. The Bertz CT molecular complexity index is 701. The van der Waals surface area contributed by atoms with E-state index in [2.05, 4.69) is 10.6 Å². The van der Waals surface area contributed by atoms with Gasteiger partial charge < -0.3 is 30.5 Å². The van der Waals surface area contributed by atoms with E-state index < -0.39 is 12.0 Å². The van der Waals surface area contributed by atoms with E-state index in [9.17, 15) is 19.5 Å². The number of phenols is 1. The van der Waals surface area contributed by atoms with Gasteiger partial charge in [0.25, 0.3) is 0 Å². The van der Waals surface area contributed by atoms with Gasteiger partial charge in [-0.1, -0.05) is 6.07 Å². The number of hydrogen-bond acceptors (Lipinski definition) is 6. The lowest BCUT2D eigenvalue weighted by atomic mass is 10.1. The van der Waals surface area contributed by atoms with Crippen LogP contribution in [0.2, 0.25) is 0 Å². The third-order valence-corrected chi connectivity index (χ3v) is 4.22. The zero-order valence-corrected chi connectivity index (χ0v) is 13.4. The maximum absolute atomic E-state index is 12.2. The lowest BCUT2D eigenvalue weighted by molar-refractivity contribution is -0.142. The van der Waals surface area contributed by atoms with Crippen LogP contribution in [0.5, 0.6) is 11.5 Å². The van der Waals surface area contributed by atoms with Gasteiger partial charge in [0, 0.05) is 13.1 Å². The van der Waals surface area contributed by atoms with Crippen molar-refractivity contribution in [3.8, 4) is 11.5 Å². The van der Waals surface area contributed by atoms with Crippen LogP contribution < -0.4 is 15.4 Å². The maximum atomic E-state index is 12.2. The van der Waals surface area contributed by atoms with Gasteiger partial charge in [-0.3, -0.25) is 9.59 Å². The quantitative estimate of drug-likeness (QED) is 0.545. The van der Waals surface area contributed by atoms with Crippen LogP contribution >= 0.6 is 0 Å². The molecule has 1 atom stereocenters. The second kappa shape index (κ2) is 6.98. The molecule has 2 aliphatic heterocycles. The van der Waals surface area contributed by atoms with Crippen molar-refractivity contribution in [3.05, 3.63) is 23.8 Å². The first-order valence-corrected chi connectivity index (χ1v) is 7.96. The van der Waals surface area contributed by atoms with Gasteiger partial charge >= 0.3 is 5.97 Å². The number of rotatable bonds is 5. The molecular weight excluding hydrogens is 330 g/mol. The van der Waals surface area contributed by atoms with Crippen LogP contribution in [0.15, 0.2) is 18.2 Å². The van der Waals surface area contributed by atoms with Crippen LogP contribution in [-0.4, -0.2) is 71.2 Å². The van der Waals surface area contributed by atoms with Crippen molar-refractivity contribution in [2.45, 2.75) is 18.6 Å². The molecule has 2 fully saturated rings. The van der Waals surface area contributed by atoms with Gasteiger partial charge in [0.15, 0.2) is 0 Å². The first kappa shape index (κ1) is 17.0. The SMILES string of the molecule is O=C(O)c1c(O)cccc1OC1CN(C(=O)CC2NCCNC2=O)C1. The molecule has 2 aliphatic rings. The molecule has 1 unspecified atom stereocenters. The molecule has 9 nitrogen and oxygen atoms in total. The lowest BCUT2D eigenvalue weighted by Crippen LogP contribution is -2.59. The minimum absolute atomic E-state index is 0.0675. The maximum Gasteiger partial charge on any atom is 0.343 e. The number of likely N-dealkylation sites (tertiary alicyclic amines) is 1. The molecule has 2 amide bonds. The zero-order chi connectivity index (χ0) is 18.0. The van der Waals surface area contributed by atoms with Crippen molar-refractivity contribution in [1.29, 1.82) is 0 Å². The number of amides is 2. The normalized spacial score (nSPS) is 20.6. The summed E-state index contributed by atoms with van der Waals surface area (Å²) in [4.78, 5) is 36.6. The second-order valence-electron chi connectivity index (χ2n) is 6.00. The van der Waals surface area contributed by atoms with Crippen LogP contribution in [0, 0.1) is 0 Å². The van der Waals surface area contributed by atoms with Crippen LogP contribution in [0.25, 0.3) is 0 Å². The summed E-state index contributed by atoms with van der Waals surface area (Å²) in [5, 5.41) is 24.5. The van der Waals surface area contributed by atoms with Crippen molar-refractivity contribution < 1.29 is 29.3 Å². The molecule has 0 saturated carbocycles. The van der Waals surface area contributed by atoms with Crippen LogP contribution in [0.4, 0.5) is 0 Å². The molecule has 2 saturated heterocycles. The first-order valence-electron chi connectivity index (χ1n) is 7.96. The summed E-state index contributed by atoms with van der Waals surface area (Å²) < 4.78 is 5.59. The highest BCUT2D eigenvalue weighted by atomic mass is 16.5. The van der Waals surface area contributed by atoms with E-state index in [1.54, 1.807) is 4.90 Å². The molecule has 134 valence electrons. The highest BCUT2D eigenvalue weighted by Gasteiger charge is 2.35. The number of ether oxygens (including phenoxy) is 1. The number of carbonyl (C=O) groups is 3. The molecule has 0 radical (unpaired) electrons. The molecule has 0 aliphatic carbocycles. The Balaban J connectivity index is 1.53. The Kier molecular flexibility index (Phi) is 4.75. The van der Waals surface area contributed by atoms with Gasteiger partial charge in [0.1, 0.15) is 23.2 Å². The van der Waals surface area contributed by atoms with E-state index in [-0.39, 0.29) is 41.4 Å². The Hall–Kier alpha value is -2.81. The van der Waals surface area contributed by atoms with Gasteiger partial charge in [-0.05, 0) is 12.1 Å². The third kappa shape index (κ3) is 3.66. The number of hydrogen-bond donors (Lipinski definition) is 4. The van der Waals surface area contributed by atoms with E-state index in [1.807, 2.05) is 0 Å². The highest BCUT2D eigenvalue weighted by Crippen LogP contribution is 2.29. The summed E-state index contributed by atoms with van der Waals surface area (Å²) in [5.74, 6) is -1.93. The largest absolute Gasteiger partial charge is 0.507 e. The Morgan fingerprint density at radius 1 is 1.28 bits per heavy atom. The fraction of sp³-hybridized carbons (Fsp3) is 0.438. The summed E-state index contributed by atoms with van der Waals surface area (Å²) in [5.41, 5.74) is -0.296. The highest BCUT2D eigenvalue weighted by molar-refractivity contribution is 5.94. The van der Waals surface area contributed by atoms with Gasteiger partial charge in [0.05, 0.1) is 25.6 Å². The number of nitrogens with one attached hydrogen (secondary N) is 2. The molecule has 9 heteroatoms. The fourth-order valence-corrected chi connectivity index (χ4v) is 2.85. The van der Waals surface area contributed by atoms with Crippen molar-refractivity contribution in [3.63, 3.8) is 0 Å². The molecular formula is C16H19N3O6. The van der Waals surface area contributed by atoms with Gasteiger partial charge in [-0.15, -0.1) is 0 Å². The monoisotopic (exact) mass is 349 g/mol. The Morgan fingerprint density at radius 2 is 2.04 bits per heavy atom. The molecule has 25 heavy (non-hydrogen) atoms. The van der Waals surface area contributed by atoms with Gasteiger partial charge in [-0.25, -0.2) is 4.79 Å². The number of carbonyl (C=O) groups excluding carboxylic acids is 2. The Morgan fingerprint density at radius 3 is 2.72 bits per heavy atom. The first-order chi connectivity index (χ1) is 12.0. The topological polar surface area (TPSA) is 128 Å². The van der Waals surface area contributed by atoms with Crippen LogP contribution in [0.3, 0.4) is 0 Å². The number of aromatic hydroxyl groups is 1. The molecule has 0 spiro atoms. The number of carboxylic acid groups (broad SMARTS) is 1. The number of piperazine rings is 1. The van der Waals surface area contributed by atoms with E-state index in [0.29, 0.717) is 26.2 Å². The average molecular weight is 349 g/mol. The number of carboxylic acids is 1. The van der Waals surface area contributed by atoms with E-state index in [4.69, 9.17) is 9.84 Å². The van der Waals surface area contributed by atoms with Crippen molar-refractivity contribution in [2.24, 2.45) is 0 Å². The second-order valence-corrected chi connectivity index (χ2v) is 6.00. The molecule has 4 N–H and O–H groups in total. The molecule has 3 rings (SSSR count). The van der Waals surface area contributed by atoms with E-state index in [0.717, 1.165) is 0 Å².